The molecule has 0 aliphatic rings. The summed E-state index contributed by atoms with van der Waals surface area (Å²) in [7, 11) is 0. The molecule has 8 heteroatoms. The first kappa shape index (κ1) is 18.0. The Hall–Kier alpha value is -2.32. The topological polar surface area (TPSA) is 101 Å². The Labute approximate surface area is 147 Å². The highest BCUT2D eigenvalue weighted by Gasteiger charge is 2.18. The third kappa shape index (κ3) is 4.84. The van der Waals surface area contributed by atoms with E-state index in [9.17, 15) is 14.4 Å². The number of benzene rings is 1. The van der Waals surface area contributed by atoms with Crippen molar-refractivity contribution in [1.29, 1.82) is 0 Å². The summed E-state index contributed by atoms with van der Waals surface area (Å²) < 4.78 is 0. The first-order valence-electron chi connectivity index (χ1n) is 7.09. The van der Waals surface area contributed by atoms with E-state index in [-0.39, 0.29) is 17.1 Å². The minimum atomic E-state index is -0.569. The first-order chi connectivity index (χ1) is 11.4. The van der Waals surface area contributed by atoms with Crippen LogP contribution >= 0.6 is 23.1 Å². The Balaban J connectivity index is 1.97. The summed E-state index contributed by atoms with van der Waals surface area (Å²) in [6.07, 6.45) is 0. The molecule has 0 aliphatic carbocycles. The Morgan fingerprint density at radius 1 is 1.12 bits per heavy atom. The lowest BCUT2D eigenvalue weighted by Crippen LogP contribution is -2.23. The molecule has 0 bridgehead atoms. The molecule has 3 amide bonds. The highest BCUT2D eigenvalue weighted by atomic mass is 32.2. The van der Waals surface area contributed by atoms with Gasteiger partial charge in [-0.15, -0.1) is 23.1 Å². The molecule has 0 saturated heterocycles. The van der Waals surface area contributed by atoms with Crippen molar-refractivity contribution < 1.29 is 14.4 Å². The van der Waals surface area contributed by atoms with Crippen LogP contribution in [0.1, 0.15) is 24.2 Å². The average molecular weight is 363 g/mol. The van der Waals surface area contributed by atoms with Crippen LogP contribution in [0.4, 0.5) is 10.7 Å². The van der Waals surface area contributed by atoms with Gasteiger partial charge in [-0.1, -0.05) is 0 Å². The lowest BCUT2D eigenvalue weighted by atomic mass is 10.3. The highest BCUT2D eigenvalue weighted by Crippen LogP contribution is 2.27. The van der Waals surface area contributed by atoms with Crippen LogP contribution in [0.25, 0.3) is 0 Å². The molecule has 1 aromatic heterocycles. The smallest absolute Gasteiger partial charge is 0.251 e. The van der Waals surface area contributed by atoms with Crippen molar-refractivity contribution in [1.82, 2.24) is 0 Å². The number of primary amides is 1. The number of amides is 3. The largest absolute Gasteiger partial charge is 0.366 e. The van der Waals surface area contributed by atoms with Gasteiger partial charge in [0.25, 0.3) is 5.91 Å². The lowest BCUT2D eigenvalue weighted by molar-refractivity contribution is -0.115. The van der Waals surface area contributed by atoms with E-state index in [1.165, 1.54) is 30.0 Å². The Morgan fingerprint density at radius 2 is 1.79 bits per heavy atom. The van der Waals surface area contributed by atoms with Gasteiger partial charge in [-0.25, -0.2) is 0 Å². The summed E-state index contributed by atoms with van der Waals surface area (Å²) >= 11 is 2.63. The number of anilines is 2. The van der Waals surface area contributed by atoms with Crippen LogP contribution in [0, 0.1) is 0 Å². The van der Waals surface area contributed by atoms with E-state index in [0.717, 1.165) is 4.90 Å². The minimum absolute atomic E-state index is 0.135. The van der Waals surface area contributed by atoms with Crippen molar-refractivity contribution in [3.8, 4) is 0 Å². The Bertz CT molecular complexity index is 756. The summed E-state index contributed by atoms with van der Waals surface area (Å²) in [6.45, 7) is 3.22. The van der Waals surface area contributed by atoms with Crippen LogP contribution in [0.2, 0.25) is 0 Å². The monoisotopic (exact) mass is 363 g/mol. The van der Waals surface area contributed by atoms with Crippen LogP contribution in [0.15, 0.2) is 40.6 Å². The predicted octanol–water partition coefficient (Wildman–Crippen LogP) is 2.92. The number of thioether (sulfide) groups is 1. The molecule has 1 heterocycles. The van der Waals surface area contributed by atoms with Gasteiger partial charge in [0.15, 0.2) is 0 Å². The molecule has 1 aromatic carbocycles. The molecule has 0 unspecified atom stereocenters. The zero-order valence-corrected chi connectivity index (χ0v) is 14.8. The molecule has 4 N–H and O–H groups in total. The lowest BCUT2D eigenvalue weighted by Gasteiger charge is -2.12. The van der Waals surface area contributed by atoms with E-state index in [4.69, 9.17) is 5.73 Å². The fraction of sp³-hybridized carbons (Fsp3) is 0.188. The van der Waals surface area contributed by atoms with Crippen molar-refractivity contribution in [2.45, 2.75) is 24.0 Å². The molecule has 126 valence electrons. The number of carbonyl (C=O) groups excluding carboxylic acids is 3. The number of thiophene rings is 1. The molecular weight excluding hydrogens is 346 g/mol. The zero-order valence-electron chi connectivity index (χ0n) is 13.2. The van der Waals surface area contributed by atoms with Crippen molar-refractivity contribution in [2.24, 2.45) is 5.73 Å². The maximum absolute atomic E-state index is 12.3. The second-order valence-electron chi connectivity index (χ2n) is 4.98. The minimum Gasteiger partial charge on any atom is -0.366 e. The van der Waals surface area contributed by atoms with Crippen LogP contribution in [-0.2, 0) is 9.59 Å². The van der Waals surface area contributed by atoms with Crippen molar-refractivity contribution in [3.05, 3.63) is 41.3 Å². The molecule has 0 saturated carbocycles. The average Bonchev–Trinajstić information content (AvgIpc) is 2.97. The highest BCUT2D eigenvalue weighted by molar-refractivity contribution is 8.00. The van der Waals surface area contributed by atoms with Crippen LogP contribution < -0.4 is 16.4 Å². The maximum atomic E-state index is 12.3. The van der Waals surface area contributed by atoms with Gasteiger partial charge in [-0.2, -0.15) is 0 Å². The number of carbonyl (C=O) groups is 3. The molecule has 1 atom stereocenters. The standard InChI is InChI=1S/C16H17N3O3S2/c1-9(15(22)19-16-13(14(17)21)7-8-23-16)24-12-5-3-11(4-6-12)18-10(2)20/h3-9H,1-2H3,(H2,17,21)(H,18,20)(H,19,22)/t9-/m1/s1. The molecule has 0 spiro atoms. The van der Waals surface area contributed by atoms with Gasteiger partial charge in [-0.05, 0) is 42.6 Å². The third-order valence-corrected chi connectivity index (χ3v) is 4.97. The number of nitrogens with two attached hydrogens (primary N) is 1. The van der Waals surface area contributed by atoms with Crippen molar-refractivity contribution in [3.63, 3.8) is 0 Å². The second-order valence-corrected chi connectivity index (χ2v) is 7.31. The molecule has 2 aromatic rings. The van der Waals surface area contributed by atoms with E-state index in [0.29, 0.717) is 16.3 Å². The van der Waals surface area contributed by atoms with Crippen molar-refractivity contribution >= 4 is 51.5 Å². The molecule has 0 radical (unpaired) electrons. The summed E-state index contributed by atoms with van der Waals surface area (Å²) in [5.74, 6) is -0.916. The first-order valence-corrected chi connectivity index (χ1v) is 8.85. The summed E-state index contributed by atoms with van der Waals surface area (Å²) in [6, 6.07) is 8.80. The van der Waals surface area contributed by atoms with Crippen LogP contribution in [0.3, 0.4) is 0 Å². The second kappa shape index (κ2) is 7.98. The van der Waals surface area contributed by atoms with Gasteiger partial charge in [0.2, 0.25) is 11.8 Å². The van der Waals surface area contributed by atoms with Gasteiger partial charge < -0.3 is 16.4 Å². The van der Waals surface area contributed by atoms with Crippen molar-refractivity contribution in [2.75, 3.05) is 10.6 Å². The summed E-state index contributed by atoms with van der Waals surface area (Å²) in [4.78, 5) is 35.4. The number of hydrogen-bond acceptors (Lipinski definition) is 5. The zero-order chi connectivity index (χ0) is 17.7. The quantitative estimate of drug-likeness (QED) is 0.687. The van der Waals surface area contributed by atoms with Gasteiger partial charge in [0.1, 0.15) is 5.00 Å². The summed E-state index contributed by atoms with van der Waals surface area (Å²) in [5.41, 5.74) is 6.28. The Morgan fingerprint density at radius 3 is 2.38 bits per heavy atom. The van der Waals surface area contributed by atoms with E-state index in [1.54, 1.807) is 30.5 Å². The van der Waals surface area contributed by atoms with Crippen LogP contribution in [0.5, 0.6) is 0 Å². The van der Waals surface area contributed by atoms with Gasteiger partial charge in [0, 0.05) is 17.5 Å². The predicted molar refractivity (Wildman–Crippen MR) is 97.5 cm³/mol. The molecule has 24 heavy (non-hydrogen) atoms. The number of rotatable bonds is 6. The Kier molecular flexibility index (Phi) is 5.99. The van der Waals surface area contributed by atoms with Gasteiger partial charge in [-0.3, -0.25) is 14.4 Å². The number of nitrogens with one attached hydrogen (secondary N) is 2. The fourth-order valence-corrected chi connectivity index (χ4v) is 3.55. The van der Waals surface area contributed by atoms with E-state index in [1.807, 2.05) is 12.1 Å². The molecule has 6 nitrogen and oxygen atoms in total. The van der Waals surface area contributed by atoms with E-state index in [2.05, 4.69) is 10.6 Å². The number of hydrogen-bond donors (Lipinski definition) is 3. The molecule has 2 rings (SSSR count). The molecule has 0 fully saturated rings. The van der Waals surface area contributed by atoms with Gasteiger partial charge >= 0.3 is 0 Å². The van der Waals surface area contributed by atoms with E-state index >= 15 is 0 Å². The fourth-order valence-electron chi connectivity index (χ4n) is 1.89. The molecule has 0 aliphatic heterocycles. The van der Waals surface area contributed by atoms with E-state index < -0.39 is 5.91 Å². The SMILES string of the molecule is CC(=O)Nc1ccc(S[C@H](C)C(=O)Nc2sccc2C(N)=O)cc1. The summed E-state index contributed by atoms with van der Waals surface area (Å²) in [5, 5.41) is 7.22. The third-order valence-electron chi connectivity index (χ3n) is 3.02. The van der Waals surface area contributed by atoms with Crippen LogP contribution in [-0.4, -0.2) is 23.0 Å². The maximum Gasteiger partial charge on any atom is 0.251 e. The normalized spacial score (nSPS) is 11.6. The van der Waals surface area contributed by atoms with Gasteiger partial charge in [0.05, 0.1) is 10.8 Å². The molecular formula is C16H17N3O3S2.